The number of benzene rings is 1. The molecule has 6 nitrogen and oxygen atoms in total. The van der Waals surface area contributed by atoms with Crippen molar-refractivity contribution in [3.63, 3.8) is 0 Å². The lowest BCUT2D eigenvalue weighted by atomic mass is 10.0. The van der Waals surface area contributed by atoms with Crippen LogP contribution in [-0.4, -0.2) is 12.1 Å². The molecule has 0 unspecified atom stereocenters. The lowest BCUT2D eigenvalue weighted by molar-refractivity contribution is 0.254. The third-order valence-electron chi connectivity index (χ3n) is 9.31. The van der Waals surface area contributed by atoms with Gasteiger partial charge in [0.05, 0.1) is 0 Å². The Bertz CT molecular complexity index is 1110. The van der Waals surface area contributed by atoms with E-state index in [0.717, 1.165) is 18.4 Å². The van der Waals surface area contributed by atoms with E-state index in [0.29, 0.717) is 11.4 Å². The van der Waals surface area contributed by atoms with Crippen LogP contribution in [0.1, 0.15) is 186 Å². The van der Waals surface area contributed by atoms with Crippen LogP contribution in [0.4, 0.5) is 21.0 Å². The van der Waals surface area contributed by atoms with Crippen molar-refractivity contribution in [2.75, 3.05) is 10.6 Å². The Balaban J connectivity index is 2.12. The van der Waals surface area contributed by atoms with E-state index in [1.54, 1.807) is 18.5 Å². The van der Waals surface area contributed by atoms with Gasteiger partial charge in [-0.3, -0.25) is 0 Å². The molecule has 0 heterocycles. The molecule has 0 fully saturated rings. The highest BCUT2D eigenvalue weighted by atomic mass is 16.2. The maximum atomic E-state index is 12.4. The van der Waals surface area contributed by atoms with E-state index in [2.05, 4.69) is 47.3 Å². The average molecular weight is 705 g/mol. The van der Waals surface area contributed by atoms with Gasteiger partial charge < -0.3 is 21.3 Å². The molecule has 0 saturated carbocycles. The summed E-state index contributed by atoms with van der Waals surface area (Å²) < 4.78 is 0. The second-order valence-electron chi connectivity index (χ2n) is 14.2. The first-order chi connectivity index (χ1) is 25.1. The quantitative estimate of drug-likeness (QED) is 0.0445. The highest BCUT2D eigenvalue weighted by Crippen LogP contribution is 2.20. The Morgan fingerprint density at radius 1 is 0.490 bits per heavy atom. The molecule has 288 valence electrons. The molecule has 6 heteroatoms. The fraction of sp³-hybridized carbons (Fsp3) is 0.644. The first kappa shape index (κ1) is 45.7. The number of carbonyl (C=O) groups is 2. The molecule has 0 saturated heterocycles. The molecular weight excluding hydrogens is 629 g/mol. The van der Waals surface area contributed by atoms with Crippen LogP contribution in [0.15, 0.2) is 67.1 Å². The molecule has 4 amide bonds. The lowest BCUT2D eigenvalue weighted by Gasteiger charge is -2.11. The van der Waals surface area contributed by atoms with Crippen LogP contribution in [0.2, 0.25) is 0 Å². The topological polar surface area (TPSA) is 82.3 Å². The summed E-state index contributed by atoms with van der Waals surface area (Å²) in [6.07, 6.45) is 50.0. The molecule has 1 rings (SSSR count). The van der Waals surface area contributed by atoms with Gasteiger partial charge in [0.25, 0.3) is 0 Å². The predicted octanol–water partition coefficient (Wildman–Crippen LogP) is 14.6. The molecule has 0 aliphatic rings. The van der Waals surface area contributed by atoms with Crippen LogP contribution >= 0.6 is 0 Å². The number of carbonyl (C=O) groups excluding carboxylic acids is 2. The molecule has 0 aromatic heterocycles. The first-order valence-corrected chi connectivity index (χ1v) is 21.0. The van der Waals surface area contributed by atoms with E-state index in [9.17, 15) is 9.59 Å². The molecule has 1 aromatic carbocycles. The highest BCUT2D eigenvalue weighted by molar-refractivity contribution is 5.94. The van der Waals surface area contributed by atoms with E-state index < -0.39 is 0 Å². The Morgan fingerprint density at radius 2 is 0.863 bits per heavy atom. The summed E-state index contributed by atoms with van der Waals surface area (Å²) in [6.45, 7) is 6.46. The van der Waals surface area contributed by atoms with Gasteiger partial charge in [-0.2, -0.15) is 0 Å². The Morgan fingerprint density at radius 3 is 1.27 bits per heavy atom. The highest BCUT2D eigenvalue weighted by Gasteiger charge is 2.06. The Labute approximate surface area is 313 Å². The van der Waals surface area contributed by atoms with Crippen LogP contribution in [-0.2, 0) is 0 Å². The normalized spacial score (nSPS) is 11.7. The van der Waals surface area contributed by atoms with Gasteiger partial charge in [0.1, 0.15) is 0 Å². The number of unbranched alkanes of at least 4 members (excludes halogenated alkanes) is 24. The van der Waals surface area contributed by atoms with E-state index in [1.807, 2.05) is 43.4 Å². The maximum absolute atomic E-state index is 12.4. The summed E-state index contributed by atoms with van der Waals surface area (Å²) in [7, 11) is 0. The Kier molecular flexibility index (Phi) is 31.5. The van der Waals surface area contributed by atoms with Crippen molar-refractivity contribution in [3.05, 3.63) is 72.6 Å². The van der Waals surface area contributed by atoms with Crippen molar-refractivity contribution in [1.82, 2.24) is 10.6 Å². The molecule has 0 radical (unpaired) electrons. The van der Waals surface area contributed by atoms with E-state index in [4.69, 9.17) is 0 Å². The minimum Gasteiger partial charge on any atom is -0.314 e. The van der Waals surface area contributed by atoms with Gasteiger partial charge in [-0.1, -0.05) is 185 Å². The number of hydrogen-bond acceptors (Lipinski definition) is 2. The molecular formula is C45H76N4O2. The first-order valence-electron chi connectivity index (χ1n) is 21.0. The zero-order chi connectivity index (χ0) is 36.9. The van der Waals surface area contributed by atoms with Crippen molar-refractivity contribution < 1.29 is 9.59 Å². The Hall–Kier alpha value is -3.28. The van der Waals surface area contributed by atoms with Gasteiger partial charge in [-0.05, 0) is 62.5 Å². The van der Waals surface area contributed by atoms with Crippen molar-refractivity contribution in [3.8, 4) is 0 Å². The predicted molar refractivity (Wildman–Crippen MR) is 223 cm³/mol. The molecule has 0 aliphatic carbocycles. The number of anilines is 2. The van der Waals surface area contributed by atoms with Crippen molar-refractivity contribution in [2.24, 2.45) is 0 Å². The van der Waals surface area contributed by atoms with Crippen molar-refractivity contribution in [1.29, 1.82) is 0 Å². The van der Waals surface area contributed by atoms with E-state index in [-0.39, 0.29) is 12.1 Å². The summed E-state index contributed by atoms with van der Waals surface area (Å²) in [6, 6.07) is 4.78. The number of urea groups is 2. The number of aryl methyl sites for hydroxylation is 1. The molecule has 1 aromatic rings. The molecule has 0 aliphatic heterocycles. The minimum absolute atomic E-state index is 0.330. The summed E-state index contributed by atoms with van der Waals surface area (Å²) in [5, 5.41) is 11.2. The number of hydrogen-bond donors (Lipinski definition) is 4. The zero-order valence-corrected chi connectivity index (χ0v) is 33.1. The average Bonchev–Trinajstić information content (AvgIpc) is 3.12. The standard InChI is InChI=1S/C45H76N4O2/c1-4-6-8-10-12-14-16-18-20-22-24-26-28-30-32-34-38-46-44(50)48-42-37-36-41(3)43(40-42)49-45(51)47-39-35-33-31-29-27-25-23-21-19-17-15-13-11-9-7-5-2/h30-40H,4-29H2,1-3H3,(H2,46,48,50)(H2,47,49,51)/b32-30+,33-31+,38-34+,39-35+. The fourth-order valence-corrected chi connectivity index (χ4v) is 6.07. The number of allylic oxidation sites excluding steroid dienone is 6. The monoisotopic (exact) mass is 705 g/mol. The van der Waals surface area contributed by atoms with Gasteiger partial charge >= 0.3 is 12.1 Å². The summed E-state index contributed by atoms with van der Waals surface area (Å²) in [5.41, 5.74) is 2.14. The van der Waals surface area contributed by atoms with Crippen molar-refractivity contribution >= 4 is 23.4 Å². The largest absolute Gasteiger partial charge is 0.323 e. The fourth-order valence-electron chi connectivity index (χ4n) is 6.07. The van der Waals surface area contributed by atoms with Crippen LogP contribution in [0.5, 0.6) is 0 Å². The molecule has 0 bridgehead atoms. The van der Waals surface area contributed by atoms with Gasteiger partial charge in [0.2, 0.25) is 0 Å². The van der Waals surface area contributed by atoms with Crippen LogP contribution in [0.25, 0.3) is 0 Å². The number of amides is 4. The SMILES string of the molecule is CCCCCCCCCCCCCC/C=C/C=C/NC(=O)Nc1ccc(C)c(NC(=O)N/C=C/C=C/CCCCCCCCCCCCCC)c1. The van der Waals surface area contributed by atoms with Crippen molar-refractivity contribution in [2.45, 2.75) is 188 Å². The van der Waals surface area contributed by atoms with E-state index in [1.165, 1.54) is 154 Å². The smallest absolute Gasteiger partial charge is 0.314 e. The lowest BCUT2D eigenvalue weighted by Crippen LogP contribution is -2.25. The molecule has 4 N–H and O–H groups in total. The second kappa shape index (κ2) is 35.1. The van der Waals surface area contributed by atoms with Gasteiger partial charge in [0.15, 0.2) is 0 Å². The summed E-state index contributed by atoms with van der Waals surface area (Å²) in [4.78, 5) is 24.8. The third kappa shape index (κ3) is 30.1. The number of rotatable bonds is 32. The van der Waals surface area contributed by atoms with Gasteiger partial charge in [0, 0.05) is 23.8 Å². The molecule has 0 spiro atoms. The minimum atomic E-state index is -0.335. The summed E-state index contributed by atoms with van der Waals surface area (Å²) in [5.74, 6) is 0. The molecule has 0 atom stereocenters. The maximum Gasteiger partial charge on any atom is 0.323 e. The van der Waals surface area contributed by atoms with Gasteiger partial charge in [-0.15, -0.1) is 0 Å². The molecule has 51 heavy (non-hydrogen) atoms. The van der Waals surface area contributed by atoms with Gasteiger partial charge in [-0.25, -0.2) is 9.59 Å². The third-order valence-corrected chi connectivity index (χ3v) is 9.31. The zero-order valence-electron chi connectivity index (χ0n) is 33.1. The van der Waals surface area contributed by atoms with Crippen LogP contribution in [0.3, 0.4) is 0 Å². The summed E-state index contributed by atoms with van der Waals surface area (Å²) >= 11 is 0. The second-order valence-corrected chi connectivity index (χ2v) is 14.2. The van der Waals surface area contributed by atoms with Crippen LogP contribution < -0.4 is 21.3 Å². The van der Waals surface area contributed by atoms with E-state index >= 15 is 0 Å². The number of nitrogens with one attached hydrogen (secondary N) is 4. The van der Waals surface area contributed by atoms with Crippen LogP contribution in [0, 0.1) is 6.92 Å².